The number of ether oxygens (including phenoxy) is 2. The fourth-order valence-corrected chi connectivity index (χ4v) is 3.38. The number of nitrogens with zero attached hydrogens (tertiary/aromatic N) is 1. The van der Waals surface area contributed by atoms with Crippen LogP contribution >= 0.6 is 0 Å². The molecule has 10 heteroatoms. The quantitative estimate of drug-likeness (QED) is 0.454. The average molecular weight is 506 g/mol. The molecule has 0 unspecified atom stereocenters. The molecule has 1 aromatic carbocycles. The van der Waals surface area contributed by atoms with Gasteiger partial charge in [0.05, 0.1) is 24.9 Å². The van der Waals surface area contributed by atoms with E-state index in [0.29, 0.717) is 0 Å². The highest BCUT2D eigenvalue weighted by atomic mass is 16.6. The van der Waals surface area contributed by atoms with Crippen molar-refractivity contribution >= 4 is 29.6 Å². The lowest BCUT2D eigenvalue weighted by Crippen LogP contribution is -2.38. The summed E-state index contributed by atoms with van der Waals surface area (Å²) in [5, 5.41) is 40.7. The summed E-state index contributed by atoms with van der Waals surface area (Å²) in [4.78, 5) is 39.1. The van der Waals surface area contributed by atoms with Gasteiger partial charge in [0, 0.05) is 12.0 Å². The molecule has 198 valence electrons. The van der Waals surface area contributed by atoms with Gasteiger partial charge in [0.2, 0.25) is 0 Å². The molecule has 1 aliphatic rings. The Hall–Kier alpha value is -3.21. The van der Waals surface area contributed by atoms with E-state index in [4.69, 9.17) is 9.47 Å². The van der Waals surface area contributed by atoms with E-state index in [-0.39, 0.29) is 29.8 Å². The maximum Gasteiger partial charge on any atom is 0.414 e. The highest BCUT2D eigenvalue weighted by molar-refractivity contribution is 5.99. The third kappa shape index (κ3) is 7.64. The van der Waals surface area contributed by atoms with Gasteiger partial charge < -0.3 is 29.9 Å². The number of carbonyl (C=O) groups excluding carboxylic acids is 3. The Morgan fingerprint density at radius 1 is 1.17 bits per heavy atom. The second kappa shape index (κ2) is 12.2. The van der Waals surface area contributed by atoms with Gasteiger partial charge in [-0.1, -0.05) is 25.2 Å². The van der Waals surface area contributed by atoms with Crippen molar-refractivity contribution in [2.24, 2.45) is 5.92 Å². The fourth-order valence-electron chi connectivity index (χ4n) is 3.38. The molecule has 1 aromatic rings. The van der Waals surface area contributed by atoms with Crippen LogP contribution in [0.2, 0.25) is 0 Å². The summed E-state index contributed by atoms with van der Waals surface area (Å²) in [5.74, 6) is -2.41. The molecule has 36 heavy (non-hydrogen) atoms. The van der Waals surface area contributed by atoms with Gasteiger partial charge in [-0.15, -0.1) is 0 Å². The fraction of sp³-hybridized carbons (Fsp3) is 0.500. The second-order valence-electron chi connectivity index (χ2n) is 9.67. The van der Waals surface area contributed by atoms with Gasteiger partial charge in [0.25, 0.3) is 0 Å². The average Bonchev–Trinajstić information content (AvgIpc) is 2.77. The van der Waals surface area contributed by atoms with E-state index >= 15 is 0 Å². The van der Waals surface area contributed by atoms with E-state index in [1.54, 1.807) is 34.6 Å². The molecule has 4 atom stereocenters. The number of aliphatic hydroxyl groups excluding tert-OH is 3. The summed E-state index contributed by atoms with van der Waals surface area (Å²) in [7, 11) is 0. The molecule has 0 radical (unpaired) electrons. The largest absolute Gasteiger partial charge is 0.507 e. The van der Waals surface area contributed by atoms with Gasteiger partial charge >= 0.3 is 12.1 Å². The van der Waals surface area contributed by atoms with Gasteiger partial charge in [-0.3, -0.25) is 9.69 Å². The number of fused-ring (bicyclic) bond motifs is 1. The van der Waals surface area contributed by atoms with E-state index in [2.05, 4.69) is 0 Å². The molecule has 2 rings (SSSR count). The zero-order valence-corrected chi connectivity index (χ0v) is 21.2. The first kappa shape index (κ1) is 29.0. The summed E-state index contributed by atoms with van der Waals surface area (Å²) in [5.41, 5.74) is -0.690. The van der Waals surface area contributed by atoms with Crippen molar-refractivity contribution in [3.8, 4) is 5.75 Å². The molecular formula is C26H35NO9. The Balaban J connectivity index is 2.59. The number of aliphatic hydroxyl groups is 3. The zero-order valence-electron chi connectivity index (χ0n) is 21.2. The van der Waals surface area contributed by atoms with Crippen LogP contribution in [0.15, 0.2) is 30.4 Å². The van der Waals surface area contributed by atoms with Crippen LogP contribution in [-0.4, -0.2) is 75.3 Å². The van der Waals surface area contributed by atoms with Gasteiger partial charge in [-0.05, 0) is 51.8 Å². The van der Waals surface area contributed by atoms with Crippen LogP contribution < -0.4 is 4.90 Å². The van der Waals surface area contributed by atoms with Crippen molar-refractivity contribution in [2.45, 2.75) is 65.0 Å². The molecule has 1 aliphatic heterocycles. The van der Waals surface area contributed by atoms with Gasteiger partial charge in [-0.2, -0.15) is 0 Å². The second-order valence-corrected chi connectivity index (χ2v) is 9.67. The number of cyclic esters (lactones) is 1. The number of hydrogen-bond acceptors (Lipinski definition) is 9. The maximum atomic E-state index is 13.0. The van der Waals surface area contributed by atoms with Crippen LogP contribution in [0.25, 0.3) is 6.08 Å². The molecule has 0 saturated heterocycles. The lowest BCUT2D eigenvalue weighted by Gasteiger charge is -2.27. The minimum absolute atomic E-state index is 0.140. The Morgan fingerprint density at radius 2 is 1.83 bits per heavy atom. The molecule has 0 spiro atoms. The first-order chi connectivity index (χ1) is 16.7. The SMILES string of the molecule is C[C@@H]1/C=C\C(=O)[C@@H](O)[C@@H](O)C/C=C/c2cc(N(CCO)C(=O)OC(C)(C)C)cc(O)c2C(=O)O[C@H]1C. The Kier molecular flexibility index (Phi) is 9.80. The van der Waals surface area contributed by atoms with Crippen LogP contribution in [-0.2, 0) is 14.3 Å². The highest BCUT2D eigenvalue weighted by Gasteiger charge is 2.28. The number of phenols is 1. The molecule has 1 amide bonds. The molecule has 4 N–H and O–H groups in total. The summed E-state index contributed by atoms with van der Waals surface area (Å²) in [6.07, 6.45) is 0.768. The minimum Gasteiger partial charge on any atom is -0.507 e. The number of amides is 1. The van der Waals surface area contributed by atoms with Gasteiger partial charge in [0.15, 0.2) is 5.78 Å². The lowest BCUT2D eigenvalue weighted by atomic mass is 9.99. The molecule has 0 bridgehead atoms. The van der Waals surface area contributed by atoms with Crippen LogP contribution in [0.3, 0.4) is 0 Å². The molecule has 10 nitrogen and oxygen atoms in total. The van der Waals surface area contributed by atoms with E-state index in [1.807, 2.05) is 0 Å². The monoisotopic (exact) mass is 505 g/mol. The van der Waals surface area contributed by atoms with Crippen molar-refractivity contribution in [1.29, 1.82) is 0 Å². The van der Waals surface area contributed by atoms with Gasteiger partial charge in [0.1, 0.15) is 29.1 Å². The van der Waals surface area contributed by atoms with Crippen LogP contribution in [0.5, 0.6) is 5.75 Å². The smallest absolute Gasteiger partial charge is 0.414 e. The van der Waals surface area contributed by atoms with Crippen LogP contribution in [0.4, 0.5) is 10.5 Å². The summed E-state index contributed by atoms with van der Waals surface area (Å²) in [6.45, 7) is 7.83. The Bertz CT molecular complexity index is 1020. The van der Waals surface area contributed by atoms with Crippen molar-refractivity contribution in [2.75, 3.05) is 18.1 Å². The summed E-state index contributed by atoms with van der Waals surface area (Å²) >= 11 is 0. The third-order valence-corrected chi connectivity index (χ3v) is 5.51. The summed E-state index contributed by atoms with van der Waals surface area (Å²) < 4.78 is 10.9. The minimum atomic E-state index is -1.65. The molecule has 0 saturated carbocycles. The van der Waals surface area contributed by atoms with Crippen molar-refractivity contribution < 1.29 is 44.3 Å². The number of carbonyl (C=O) groups is 3. The van der Waals surface area contributed by atoms with Gasteiger partial charge in [-0.25, -0.2) is 9.59 Å². The number of rotatable bonds is 3. The number of esters is 1. The Labute approximate surface area is 210 Å². The summed E-state index contributed by atoms with van der Waals surface area (Å²) in [6, 6.07) is 2.63. The molecule has 0 aliphatic carbocycles. The predicted molar refractivity (Wildman–Crippen MR) is 133 cm³/mol. The predicted octanol–water partition coefficient (Wildman–Crippen LogP) is 2.57. The first-order valence-electron chi connectivity index (χ1n) is 11.7. The van der Waals surface area contributed by atoms with E-state index in [0.717, 1.165) is 11.0 Å². The number of phenolic OH excluding ortho intramolecular Hbond substituents is 1. The maximum absolute atomic E-state index is 13.0. The van der Waals surface area contributed by atoms with Crippen LogP contribution in [0.1, 0.15) is 57.0 Å². The first-order valence-corrected chi connectivity index (χ1v) is 11.7. The number of benzene rings is 1. The molecule has 0 fully saturated rings. The number of hydrogen-bond donors (Lipinski definition) is 4. The van der Waals surface area contributed by atoms with Crippen molar-refractivity contribution in [1.82, 2.24) is 0 Å². The number of aromatic hydroxyl groups is 1. The lowest BCUT2D eigenvalue weighted by molar-refractivity contribution is -0.127. The highest BCUT2D eigenvalue weighted by Crippen LogP contribution is 2.32. The number of anilines is 1. The van der Waals surface area contributed by atoms with Crippen LogP contribution in [0, 0.1) is 5.92 Å². The topological polar surface area (TPSA) is 154 Å². The normalized spacial score (nSPS) is 25.2. The Morgan fingerprint density at radius 3 is 2.44 bits per heavy atom. The molecular weight excluding hydrogens is 470 g/mol. The molecule has 1 heterocycles. The van der Waals surface area contributed by atoms with E-state index < -0.39 is 60.0 Å². The standard InChI is InChI=1S/C26H35NO9/c1-15-9-10-20(30)23(32)19(29)8-6-7-17-13-18(14-21(31)22(17)24(33)35-16(15)2)27(11-12-28)25(34)36-26(3,4)5/h6-7,9-10,13-16,19,23,28-29,31-32H,8,11-12H2,1-5H3/b7-6+,10-9-/t15-,16+,19+,23+/m1/s1. The van der Waals surface area contributed by atoms with E-state index in [9.17, 15) is 34.8 Å². The zero-order chi connectivity index (χ0) is 27.2. The number of ketones is 1. The third-order valence-electron chi connectivity index (χ3n) is 5.51. The van der Waals surface area contributed by atoms with E-state index in [1.165, 1.54) is 30.4 Å². The molecule has 0 aromatic heterocycles. The van der Waals surface area contributed by atoms with Crippen molar-refractivity contribution in [3.63, 3.8) is 0 Å². The van der Waals surface area contributed by atoms with Crippen molar-refractivity contribution in [3.05, 3.63) is 41.5 Å².